The van der Waals surface area contributed by atoms with E-state index in [1.54, 1.807) is 53.4 Å². The fourth-order valence-electron chi connectivity index (χ4n) is 4.06. The number of carbonyl (C=O) groups is 1. The first-order chi connectivity index (χ1) is 14.4. The first-order valence-corrected chi connectivity index (χ1v) is 11.2. The highest BCUT2D eigenvalue weighted by atomic mass is 32.2. The van der Waals surface area contributed by atoms with Gasteiger partial charge >= 0.3 is 0 Å². The number of benzene rings is 1. The summed E-state index contributed by atoms with van der Waals surface area (Å²) in [6.45, 7) is 0.724. The molecule has 10 heteroatoms. The van der Waals surface area contributed by atoms with Crippen LogP contribution in [0.25, 0.3) is 11.4 Å². The Morgan fingerprint density at radius 1 is 1.07 bits per heavy atom. The molecule has 0 bridgehead atoms. The number of aryl methyl sites for hydroxylation is 2. The highest BCUT2D eigenvalue weighted by molar-refractivity contribution is 7.89. The van der Waals surface area contributed by atoms with Crippen molar-refractivity contribution in [3.63, 3.8) is 0 Å². The lowest BCUT2D eigenvalue weighted by atomic mass is 10.00. The van der Waals surface area contributed by atoms with Crippen LogP contribution in [0.5, 0.6) is 0 Å². The lowest BCUT2D eigenvalue weighted by molar-refractivity contribution is -0.118. The number of amides is 1. The molecule has 0 aliphatic carbocycles. The molecule has 4 heterocycles. The molecule has 0 saturated heterocycles. The predicted molar refractivity (Wildman–Crippen MR) is 109 cm³/mol. The quantitative estimate of drug-likeness (QED) is 0.659. The summed E-state index contributed by atoms with van der Waals surface area (Å²) >= 11 is 0. The Morgan fingerprint density at radius 2 is 1.87 bits per heavy atom. The van der Waals surface area contributed by atoms with E-state index in [1.165, 1.54) is 0 Å². The number of nitrogens with one attached hydrogen (secondary N) is 1. The minimum absolute atomic E-state index is 0.100. The van der Waals surface area contributed by atoms with E-state index < -0.39 is 10.0 Å². The summed E-state index contributed by atoms with van der Waals surface area (Å²) in [5.41, 5.74) is 4.72. The zero-order valence-electron chi connectivity index (χ0n) is 16.4. The molecule has 2 aromatic heterocycles. The smallest absolute Gasteiger partial charge is 0.240 e. The van der Waals surface area contributed by atoms with E-state index >= 15 is 0 Å². The second-order valence-corrected chi connectivity index (χ2v) is 9.21. The minimum atomic E-state index is -3.71. The van der Waals surface area contributed by atoms with Gasteiger partial charge in [-0.3, -0.25) is 19.4 Å². The van der Waals surface area contributed by atoms with Crippen LogP contribution in [0.4, 0.5) is 5.69 Å². The highest BCUT2D eigenvalue weighted by Gasteiger charge is 2.32. The number of rotatable bonds is 5. The number of hydrogen-bond donors (Lipinski definition) is 1. The molecule has 9 nitrogen and oxygen atoms in total. The number of nitrogens with zero attached hydrogens (tertiary/aromatic N) is 5. The molecule has 0 unspecified atom stereocenters. The fourth-order valence-corrected chi connectivity index (χ4v) is 5.16. The van der Waals surface area contributed by atoms with Crippen molar-refractivity contribution < 1.29 is 13.2 Å². The van der Waals surface area contributed by atoms with Gasteiger partial charge in [-0.2, -0.15) is 5.10 Å². The van der Waals surface area contributed by atoms with Gasteiger partial charge < -0.3 is 4.90 Å². The van der Waals surface area contributed by atoms with Gasteiger partial charge in [0.15, 0.2) is 0 Å². The summed E-state index contributed by atoms with van der Waals surface area (Å²) in [5, 5.41) is 4.39. The zero-order valence-corrected chi connectivity index (χ0v) is 17.2. The molecule has 2 aliphatic rings. The molecule has 0 atom stereocenters. The second-order valence-electron chi connectivity index (χ2n) is 7.45. The van der Waals surface area contributed by atoms with Crippen molar-refractivity contribution in [1.29, 1.82) is 0 Å². The van der Waals surface area contributed by atoms with E-state index in [-0.39, 0.29) is 17.3 Å². The van der Waals surface area contributed by atoms with Crippen molar-refractivity contribution in [1.82, 2.24) is 24.5 Å². The Bertz CT molecular complexity index is 1250. The van der Waals surface area contributed by atoms with Gasteiger partial charge in [0.1, 0.15) is 11.4 Å². The molecule has 3 aromatic rings. The van der Waals surface area contributed by atoms with Crippen LogP contribution >= 0.6 is 0 Å². The fraction of sp³-hybridized carbons (Fsp3) is 0.300. The normalized spacial score (nSPS) is 15.5. The molecule has 2 aliphatic heterocycles. The topological polar surface area (TPSA) is 110 Å². The molecule has 0 saturated carbocycles. The van der Waals surface area contributed by atoms with Crippen molar-refractivity contribution in [2.45, 2.75) is 30.7 Å². The van der Waals surface area contributed by atoms with Gasteiger partial charge in [-0.15, -0.1) is 0 Å². The maximum Gasteiger partial charge on any atom is 0.240 e. The first kappa shape index (κ1) is 18.9. The molecule has 0 fully saturated rings. The first-order valence-electron chi connectivity index (χ1n) is 9.67. The van der Waals surface area contributed by atoms with Crippen LogP contribution in [-0.4, -0.2) is 40.6 Å². The predicted octanol–water partition coefficient (Wildman–Crippen LogP) is 1.19. The molecule has 1 amide bonds. The Kier molecular flexibility index (Phi) is 4.40. The van der Waals surface area contributed by atoms with Crippen LogP contribution in [0.15, 0.2) is 41.7 Å². The molecular weight excluding hydrogens is 404 g/mol. The van der Waals surface area contributed by atoms with Crippen LogP contribution in [0.1, 0.15) is 23.2 Å². The summed E-state index contributed by atoms with van der Waals surface area (Å²) in [7, 11) is -1.96. The summed E-state index contributed by atoms with van der Waals surface area (Å²) in [6, 6.07) is 5.18. The maximum absolute atomic E-state index is 13.0. The molecule has 1 N–H and O–H groups in total. The van der Waals surface area contributed by atoms with E-state index in [2.05, 4.69) is 19.8 Å². The molecule has 1 aromatic carbocycles. The second kappa shape index (κ2) is 6.99. The third kappa shape index (κ3) is 3.17. The molecule has 0 radical (unpaired) electrons. The van der Waals surface area contributed by atoms with E-state index in [9.17, 15) is 13.2 Å². The minimum Gasteiger partial charge on any atom is -0.312 e. The van der Waals surface area contributed by atoms with Crippen LogP contribution in [0.2, 0.25) is 0 Å². The molecule has 154 valence electrons. The summed E-state index contributed by atoms with van der Waals surface area (Å²) < 4.78 is 30.3. The number of aromatic nitrogens is 4. The zero-order chi connectivity index (χ0) is 20.9. The van der Waals surface area contributed by atoms with E-state index in [4.69, 9.17) is 0 Å². The molecule has 30 heavy (non-hydrogen) atoms. The molecular formula is C20H20N6O3S. The van der Waals surface area contributed by atoms with Gasteiger partial charge in [-0.25, -0.2) is 13.1 Å². The Hall–Kier alpha value is -3.11. The van der Waals surface area contributed by atoms with E-state index in [1.807, 2.05) is 0 Å². The van der Waals surface area contributed by atoms with Gasteiger partial charge in [0.05, 0.1) is 29.0 Å². The average molecular weight is 424 g/mol. The highest BCUT2D eigenvalue weighted by Crippen LogP contribution is 2.38. The van der Waals surface area contributed by atoms with Gasteiger partial charge in [0.2, 0.25) is 15.9 Å². The standard InChI is InChI=1S/C20H20N6O3S/c1-25-15(10-17(24-25)18-12-21-5-6-22-18)11-23-30(28,29)16-8-13-2-3-19(27)26-7-4-14(9-16)20(13)26/h5-6,8-10,12,23H,2-4,7,11H2,1H3. The van der Waals surface area contributed by atoms with Gasteiger partial charge in [-0.05, 0) is 42.2 Å². The molecule has 0 spiro atoms. The van der Waals surface area contributed by atoms with E-state index in [0.29, 0.717) is 42.9 Å². The third-order valence-electron chi connectivity index (χ3n) is 5.58. The molecule has 5 rings (SSSR count). The largest absolute Gasteiger partial charge is 0.312 e. The van der Waals surface area contributed by atoms with Crippen molar-refractivity contribution >= 4 is 21.6 Å². The number of hydrogen-bond acceptors (Lipinski definition) is 6. The van der Waals surface area contributed by atoms with Crippen molar-refractivity contribution in [3.8, 4) is 11.4 Å². The summed E-state index contributed by atoms with van der Waals surface area (Å²) in [6.07, 6.45) is 6.46. The summed E-state index contributed by atoms with van der Waals surface area (Å²) in [5.74, 6) is 0.116. The summed E-state index contributed by atoms with van der Waals surface area (Å²) in [4.78, 5) is 22.4. The SMILES string of the molecule is Cn1nc(-c2cnccn2)cc1CNS(=O)(=O)c1cc2c3c(c1)CCN3C(=O)CC2. The number of anilines is 1. The van der Waals surface area contributed by atoms with Crippen molar-refractivity contribution in [3.05, 3.63) is 53.6 Å². The van der Waals surface area contributed by atoms with Crippen molar-refractivity contribution in [2.75, 3.05) is 11.4 Å². The van der Waals surface area contributed by atoms with Gasteiger partial charge in [0, 0.05) is 32.4 Å². The Labute approximate surface area is 173 Å². The van der Waals surface area contributed by atoms with Crippen LogP contribution in [0.3, 0.4) is 0 Å². The third-order valence-corrected chi connectivity index (χ3v) is 6.96. The lowest BCUT2D eigenvalue weighted by Crippen LogP contribution is -2.33. The van der Waals surface area contributed by atoms with E-state index in [0.717, 1.165) is 16.8 Å². The van der Waals surface area contributed by atoms with Crippen LogP contribution in [-0.2, 0) is 41.3 Å². The monoisotopic (exact) mass is 424 g/mol. The van der Waals surface area contributed by atoms with Crippen molar-refractivity contribution in [2.24, 2.45) is 7.05 Å². The Balaban J connectivity index is 1.39. The van der Waals surface area contributed by atoms with Crippen LogP contribution < -0.4 is 9.62 Å². The maximum atomic E-state index is 13.0. The van der Waals surface area contributed by atoms with Crippen LogP contribution in [0, 0.1) is 0 Å². The Morgan fingerprint density at radius 3 is 2.63 bits per heavy atom. The average Bonchev–Trinajstić information content (AvgIpc) is 3.34. The number of sulfonamides is 1. The lowest BCUT2D eigenvalue weighted by Gasteiger charge is -2.25. The number of carbonyl (C=O) groups excluding carboxylic acids is 1. The van der Waals surface area contributed by atoms with Gasteiger partial charge in [-0.1, -0.05) is 0 Å². The van der Waals surface area contributed by atoms with Gasteiger partial charge in [0.25, 0.3) is 0 Å².